The molecule has 0 unspecified atom stereocenters. The molecule has 1 atom stereocenters. The molecule has 1 amide bonds. The topological polar surface area (TPSA) is 107 Å². The molecule has 0 aromatic carbocycles. The van der Waals surface area contributed by atoms with E-state index in [1.165, 1.54) is 23.0 Å². The Labute approximate surface area is 198 Å². The van der Waals surface area contributed by atoms with Gasteiger partial charge in [-0.2, -0.15) is 0 Å². The highest BCUT2D eigenvalue weighted by Crippen LogP contribution is 2.30. The molecule has 1 aliphatic heterocycles. The summed E-state index contributed by atoms with van der Waals surface area (Å²) in [6, 6.07) is 5.00. The molecule has 0 spiro atoms. The van der Waals surface area contributed by atoms with Crippen LogP contribution in [0.15, 0.2) is 46.3 Å². The number of carbonyl (C=O) groups is 1. The quantitative estimate of drug-likeness (QED) is 0.631. The number of hydrogen-bond donors (Lipinski definition) is 1. The van der Waals surface area contributed by atoms with Crippen LogP contribution in [0.1, 0.15) is 51.0 Å². The summed E-state index contributed by atoms with van der Waals surface area (Å²) in [6.45, 7) is 1.23. The first-order valence-corrected chi connectivity index (χ1v) is 13.2. The Hall–Kier alpha value is -2.23. The number of carbonyl (C=O) groups excluding carboxylic acids is 1. The van der Waals surface area contributed by atoms with Crippen LogP contribution >= 0.6 is 11.6 Å². The van der Waals surface area contributed by atoms with E-state index in [4.69, 9.17) is 16.3 Å². The lowest BCUT2D eigenvalue weighted by Crippen LogP contribution is -2.35. The molecule has 178 valence electrons. The minimum Gasteiger partial charge on any atom is -0.381 e. The van der Waals surface area contributed by atoms with Crippen molar-refractivity contribution in [3.05, 3.63) is 52.0 Å². The first-order chi connectivity index (χ1) is 15.8. The van der Waals surface area contributed by atoms with E-state index in [0.29, 0.717) is 43.3 Å². The minimum absolute atomic E-state index is 0.0280. The summed E-state index contributed by atoms with van der Waals surface area (Å²) in [5.74, 6) is 0.154. The summed E-state index contributed by atoms with van der Waals surface area (Å²) < 4.78 is 32.6. The molecule has 2 fully saturated rings. The predicted molar refractivity (Wildman–Crippen MR) is 125 cm³/mol. The van der Waals surface area contributed by atoms with Crippen molar-refractivity contribution in [3.63, 3.8) is 0 Å². The van der Waals surface area contributed by atoms with Crippen molar-refractivity contribution in [1.82, 2.24) is 9.55 Å². The van der Waals surface area contributed by atoms with E-state index in [1.807, 2.05) is 0 Å². The normalized spacial score (nSPS) is 18.8. The zero-order valence-electron chi connectivity index (χ0n) is 18.3. The molecule has 3 heterocycles. The third-order valence-corrected chi connectivity index (χ3v) is 8.99. The number of sulfone groups is 1. The predicted octanol–water partition coefficient (Wildman–Crippen LogP) is 3.61. The van der Waals surface area contributed by atoms with Crippen LogP contribution in [-0.4, -0.2) is 42.3 Å². The molecule has 10 heteroatoms. The van der Waals surface area contributed by atoms with Crippen LogP contribution in [0.25, 0.3) is 0 Å². The van der Waals surface area contributed by atoms with Gasteiger partial charge in [0.15, 0.2) is 9.84 Å². The molecule has 1 aliphatic carbocycles. The highest BCUT2D eigenvalue weighted by atomic mass is 35.5. The Morgan fingerprint density at radius 2 is 1.91 bits per heavy atom. The van der Waals surface area contributed by atoms with Crippen LogP contribution in [0.5, 0.6) is 0 Å². The molecule has 0 radical (unpaired) electrons. The number of hydrogen-bond acceptors (Lipinski definition) is 6. The van der Waals surface area contributed by atoms with Gasteiger partial charge in [0.25, 0.3) is 5.56 Å². The first-order valence-electron chi connectivity index (χ1n) is 11.3. The smallest absolute Gasteiger partial charge is 0.252 e. The van der Waals surface area contributed by atoms with E-state index < -0.39 is 26.7 Å². The summed E-state index contributed by atoms with van der Waals surface area (Å²) in [7, 11) is -3.56. The van der Waals surface area contributed by atoms with Crippen molar-refractivity contribution in [1.29, 1.82) is 0 Å². The Bertz CT molecular complexity index is 1140. The minimum atomic E-state index is -3.56. The van der Waals surface area contributed by atoms with Crippen LogP contribution in [-0.2, 0) is 19.4 Å². The summed E-state index contributed by atoms with van der Waals surface area (Å²) in [4.78, 5) is 30.4. The lowest BCUT2D eigenvalue weighted by atomic mass is 9.92. The Morgan fingerprint density at radius 3 is 2.55 bits per heavy atom. The van der Waals surface area contributed by atoms with Gasteiger partial charge in [0.1, 0.15) is 11.9 Å². The molecule has 2 aromatic rings. The van der Waals surface area contributed by atoms with Crippen molar-refractivity contribution in [3.8, 4) is 0 Å². The van der Waals surface area contributed by atoms with E-state index in [-0.39, 0.29) is 16.7 Å². The van der Waals surface area contributed by atoms with Gasteiger partial charge in [-0.05, 0) is 56.2 Å². The van der Waals surface area contributed by atoms with E-state index in [9.17, 15) is 18.0 Å². The summed E-state index contributed by atoms with van der Waals surface area (Å²) in [6.07, 6.45) is 7.90. The number of ether oxygens (including phenoxy) is 1. The summed E-state index contributed by atoms with van der Waals surface area (Å²) in [5.41, 5.74) is -0.509. The number of nitrogens with one attached hydrogen (secondary N) is 1. The fourth-order valence-electron chi connectivity index (χ4n) is 4.60. The van der Waals surface area contributed by atoms with Crippen molar-refractivity contribution in [2.75, 3.05) is 18.5 Å². The third-order valence-electron chi connectivity index (χ3n) is 6.50. The molecule has 2 aliphatic rings. The van der Waals surface area contributed by atoms with Crippen molar-refractivity contribution in [2.24, 2.45) is 5.92 Å². The molecule has 4 rings (SSSR count). The lowest BCUT2D eigenvalue weighted by molar-refractivity contribution is -0.120. The molecular formula is C23H28ClN3O5S. The fraction of sp³-hybridized carbons (Fsp3) is 0.522. The first kappa shape index (κ1) is 23.9. The second-order valence-electron chi connectivity index (χ2n) is 8.72. The highest BCUT2D eigenvalue weighted by Gasteiger charge is 2.32. The van der Waals surface area contributed by atoms with E-state index >= 15 is 0 Å². The maximum atomic E-state index is 13.2. The van der Waals surface area contributed by atoms with Gasteiger partial charge in [-0.15, -0.1) is 0 Å². The van der Waals surface area contributed by atoms with Crippen LogP contribution in [0.4, 0.5) is 5.82 Å². The standard InChI is InChI=1S/C23H28ClN3O5S/c24-17-5-6-21(25-15-17)26-23(29)20(13-16-8-11-32-12-9-16)27-10-7-19(14-22(27)28)33(30,31)18-3-1-2-4-18/h5-7,10,14-16,18,20H,1-4,8-9,11-13H2,(H,25,26,29)/t20-/m0/s1. The molecular weight excluding hydrogens is 466 g/mol. The third kappa shape index (κ3) is 5.65. The van der Waals surface area contributed by atoms with Crippen molar-refractivity contribution < 1.29 is 17.9 Å². The van der Waals surface area contributed by atoms with E-state index in [0.717, 1.165) is 31.7 Å². The maximum absolute atomic E-state index is 13.2. The van der Waals surface area contributed by atoms with Gasteiger partial charge < -0.3 is 14.6 Å². The van der Waals surface area contributed by atoms with Gasteiger partial charge in [-0.3, -0.25) is 9.59 Å². The van der Waals surface area contributed by atoms with Crippen LogP contribution in [0, 0.1) is 5.92 Å². The second kappa shape index (κ2) is 10.4. The highest BCUT2D eigenvalue weighted by molar-refractivity contribution is 7.92. The van der Waals surface area contributed by atoms with Crippen LogP contribution < -0.4 is 10.9 Å². The zero-order valence-corrected chi connectivity index (χ0v) is 19.9. The molecule has 2 aromatic heterocycles. The molecule has 1 saturated carbocycles. The molecule has 0 bridgehead atoms. The van der Waals surface area contributed by atoms with E-state index in [2.05, 4.69) is 10.3 Å². The van der Waals surface area contributed by atoms with Crippen LogP contribution in [0.2, 0.25) is 5.02 Å². The number of halogens is 1. The average molecular weight is 494 g/mol. The van der Waals surface area contributed by atoms with Gasteiger partial charge in [0, 0.05) is 31.7 Å². The molecule has 1 saturated heterocycles. The number of rotatable bonds is 7. The van der Waals surface area contributed by atoms with Crippen molar-refractivity contribution >= 4 is 33.2 Å². The number of anilines is 1. The number of amides is 1. The number of pyridine rings is 2. The van der Waals surface area contributed by atoms with Gasteiger partial charge in [-0.25, -0.2) is 13.4 Å². The lowest BCUT2D eigenvalue weighted by Gasteiger charge is -2.27. The van der Waals surface area contributed by atoms with E-state index in [1.54, 1.807) is 12.1 Å². The van der Waals surface area contributed by atoms with Crippen molar-refractivity contribution in [2.45, 2.75) is 61.1 Å². The van der Waals surface area contributed by atoms with Gasteiger partial charge in [-0.1, -0.05) is 24.4 Å². The summed E-state index contributed by atoms with van der Waals surface area (Å²) >= 11 is 5.87. The number of nitrogens with zero attached hydrogens (tertiary/aromatic N) is 2. The van der Waals surface area contributed by atoms with Gasteiger partial charge >= 0.3 is 0 Å². The average Bonchev–Trinajstić information content (AvgIpc) is 3.36. The van der Waals surface area contributed by atoms with Crippen LogP contribution in [0.3, 0.4) is 0 Å². The Morgan fingerprint density at radius 1 is 1.18 bits per heavy atom. The monoisotopic (exact) mass is 493 g/mol. The Balaban J connectivity index is 1.61. The fourth-order valence-corrected chi connectivity index (χ4v) is 6.57. The molecule has 33 heavy (non-hydrogen) atoms. The SMILES string of the molecule is O=C(Nc1ccc(Cl)cn1)[C@H](CC1CCOCC1)n1ccc(S(=O)(=O)C2CCCC2)cc1=O. The largest absolute Gasteiger partial charge is 0.381 e. The molecule has 1 N–H and O–H groups in total. The maximum Gasteiger partial charge on any atom is 0.252 e. The zero-order chi connectivity index (χ0) is 23.4. The van der Waals surface area contributed by atoms with Gasteiger partial charge in [0.2, 0.25) is 5.91 Å². The molecule has 8 nitrogen and oxygen atoms in total. The Kier molecular flexibility index (Phi) is 7.51. The second-order valence-corrected chi connectivity index (χ2v) is 11.4. The summed E-state index contributed by atoms with van der Waals surface area (Å²) in [5, 5.41) is 2.76. The van der Waals surface area contributed by atoms with Gasteiger partial charge in [0.05, 0.1) is 15.2 Å². The number of aromatic nitrogens is 2.